The fraction of sp³-hybridized carbons (Fsp3) is 0.105. The van der Waals surface area contributed by atoms with E-state index in [4.69, 9.17) is 16.3 Å². The summed E-state index contributed by atoms with van der Waals surface area (Å²) in [6, 6.07) is 14.8. The van der Waals surface area contributed by atoms with Crippen LogP contribution in [0.5, 0.6) is 0 Å². The van der Waals surface area contributed by atoms with Crippen molar-refractivity contribution in [3.05, 3.63) is 77.1 Å². The second-order valence-electron chi connectivity index (χ2n) is 5.22. The highest BCUT2D eigenvalue weighted by Gasteiger charge is 2.12. The van der Waals surface area contributed by atoms with Gasteiger partial charge < -0.3 is 4.74 Å². The molecule has 0 fully saturated rings. The Balaban J connectivity index is 1.69. The van der Waals surface area contributed by atoms with Crippen LogP contribution in [-0.4, -0.2) is 15.9 Å². The Morgan fingerprint density at radius 3 is 2.62 bits per heavy atom. The third-order valence-corrected chi connectivity index (χ3v) is 3.84. The van der Waals surface area contributed by atoms with E-state index in [-0.39, 0.29) is 0 Å². The van der Waals surface area contributed by atoms with Crippen molar-refractivity contribution in [2.45, 2.75) is 13.0 Å². The Morgan fingerprint density at radius 1 is 1.12 bits per heavy atom. The number of carbonyl (C=O) groups excluding carboxylic acids is 1. The minimum atomic E-state index is -0.461. The molecule has 0 bridgehead atoms. The van der Waals surface area contributed by atoms with Gasteiger partial charge in [0, 0.05) is 16.7 Å². The number of nitrogens with zero attached hydrogens (tertiary/aromatic N) is 2. The maximum absolute atomic E-state index is 12.0. The maximum atomic E-state index is 12.0. The van der Waals surface area contributed by atoms with Gasteiger partial charge in [0.2, 0.25) is 0 Å². The smallest absolute Gasteiger partial charge is 0.331 e. The average molecular weight is 339 g/mol. The molecule has 0 aliphatic rings. The number of aromatic nitrogens is 2. The fourth-order valence-corrected chi connectivity index (χ4v) is 2.58. The number of para-hydroxylation sites is 2. The second kappa shape index (κ2) is 7.23. The molecule has 4 nitrogen and oxygen atoms in total. The van der Waals surface area contributed by atoms with Crippen molar-refractivity contribution in [2.75, 3.05) is 0 Å². The van der Waals surface area contributed by atoms with E-state index in [2.05, 4.69) is 9.97 Å². The van der Waals surface area contributed by atoms with Crippen molar-refractivity contribution in [3.8, 4) is 0 Å². The molecule has 0 saturated heterocycles. The van der Waals surface area contributed by atoms with Gasteiger partial charge in [0.15, 0.2) is 0 Å². The molecular formula is C19H15ClN2O2. The predicted octanol–water partition coefficient (Wildman–Crippen LogP) is 4.60. The van der Waals surface area contributed by atoms with Crippen LogP contribution < -0.4 is 0 Å². The molecule has 2 aromatic carbocycles. The van der Waals surface area contributed by atoms with Crippen molar-refractivity contribution in [2.24, 2.45) is 0 Å². The molecule has 0 unspecified atom stereocenters. The molecule has 0 radical (unpaired) electrons. The molecule has 3 aromatic rings. The van der Waals surface area contributed by atoms with Crippen LogP contribution in [0.4, 0.5) is 0 Å². The van der Waals surface area contributed by atoms with Crippen LogP contribution >= 0.6 is 11.6 Å². The summed E-state index contributed by atoms with van der Waals surface area (Å²) >= 11 is 6.10. The lowest BCUT2D eigenvalue weighted by Crippen LogP contribution is -2.06. The molecule has 1 atom stereocenters. The van der Waals surface area contributed by atoms with E-state index in [0.717, 1.165) is 16.6 Å². The summed E-state index contributed by atoms with van der Waals surface area (Å²) < 4.78 is 5.37. The van der Waals surface area contributed by atoms with Crippen molar-refractivity contribution in [1.29, 1.82) is 0 Å². The van der Waals surface area contributed by atoms with E-state index >= 15 is 0 Å². The van der Waals surface area contributed by atoms with Gasteiger partial charge in [-0.3, -0.25) is 4.98 Å². The van der Waals surface area contributed by atoms with Gasteiger partial charge in [0.25, 0.3) is 0 Å². The van der Waals surface area contributed by atoms with E-state index in [9.17, 15) is 4.79 Å². The maximum Gasteiger partial charge on any atom is 0.331 e. The van der Waals surface area contributed by atoms with Gasteiger partial charge in [0.1, 0.15) is 6.10 Å². The number of carbonyl (C=O) groups is 1. The SMILES string of the molecule is C[C@H](OC(=O)/C=C/c1cnc2ccccc2n1)c1ccccc1Cl. The lowest BCUT2D eigenvalue weighted by atomic mass is 10.1. The number of ether oxygens (including phenoxy) is 1. The third-order valence-electron chi connectivity index (χ3n) is 3.49. The zero-order valence-corrected chi connectivity index (χ0v) is 13.8. The standard InChI is InChI=1S/C19H15ClN2O2/c1-13(15-6-2-3-7-16(15)20)24-19(23)11-10-14-12-21-17-8-4-5-9-18(17)22-14/h2-13H,1H3/b11-10+/t13-/m0/s1. The normalized spacial score (nSPS) is 12.4. The first kappa shape index (κ1) is 16.1. The monoisotopic (exact) mass is 338 g/mol. The summed E-state index contributed by atoms with van der Waals surface area (Å²) in [7, 11) is 0. The van der Waals surface area contributed by atoms with E-state index in [0.29, 0.717) is 10.7 Å². The van der Waals surface area contributed by atoms with Crippen molar-refractivity contribution >= 4 is 34.7 Å². The quantitative estimate of drug-likeness (QED) is 0.515. The first-order valence-corrected chi connectivity index (χ1v) is 7.86. The zero-order valence-electron chi connectivity index (χ0n) is 13.0. The van der Waals surface area contributed by atoms with Gasteiger partial charge in [-0.15, -0.1) is 0 Å². The summed E-state index contributed by atoms with van der Waals surface area (Å²) in [4.78, 5) is 20.7. The Labute approximate surface area is 144 Å². The van der Waals surface area contributed by atoms with Crippen LogP contribution in [0.2, 0.25) is 5.02 Å². The molecule has 3 rings (SSSR count). The number of rotatable bonds is 4. The molecule has 0 N–H and O–H groups in total. The molecule has 0 spiro atoms. The molecule has 0 aliphatic heterocycles. The Bertz CT molecular complexity index is 909. The first-order valence-electron chi connectivity index (χ1n) is 7.48. The summed E-state index contributed by atoms with van der Waals surface area (Å²) in [5, 5.41) is 0.571. The second-order valence-corrected chi connectivity index (χ2v) is 5.62. The first-order chi connectivity index (χ1) is 11.6. The summed E-state index contributed by atoms with van der Waals surface area (Å²) in [6.07, 6.45) is 4.11. The highest BCUT2D eigenvalue weighted by Crippen LogP contribution is 2.25. The number of hydrogen-bond acceptors (Lipinski definition) is 4. The summed E-state index contributed by atoms with van der Waals surface area (Å²) in [6.45, 7) is 1.78. The predicted molar refractivity (Wildman–Crippen MR) is 94.5 cm³/mol. The van der Waals surface area contributed by atoms with Crippen molar-refractivity contribution in [1.82, 2.24) is 9.97 Å². The van der Waals surface area contributed by atoms with Crippen LogP contribution in [0.15, 0.2) is 60.8 Å². The van der Waals surface area contributed by atoms with E-state index in [1.165, 1.54) is 6.08 Å². The molecule has 24 heavy (non-hydrogen) atoms. The van der Waals surface area contributed by atoms with Gasteiger partial charge in [-0.05, 0) is 31.2 Å². The highest BCUT2D eigenvalue weighted by atomic mass is 35.5. The molecule has 1 heterocycles. The number of hydrogen-bond donors (Lipinski definition) is 0. The van der Waals surface area contributed by atoms with E-state index in [1.54, 1.807) is 25.3 Å². The zero-order chi connectivity index (χ0) is 16.9. The summed E-state index contributed by atoms with van der Waals surface area (Å²) in [5.74, 6) is -0.461. The number of fused-ring (bicyclic) bond motifs is 1. The van der Waals surface area contributed by atoms with Crippen LogP contribution in [0.3, 0.4) is 0 Å². The number of esters is 1. The minimum absolute atomic E-state index is 0.432. The Kier molecular flexibility index (Phi) is 4.87. The molecule has 120 valence electrons. The van der Waals surface area contributed by atoms with E-state index < -0.39 is 12.1 Å². The lowest BCUT2D eigenvalue weighted by Gasteiger charge is -2.13. The minimum Gasteiger partial charge on any atom is -0.455 e. The van der Waals surface area contributed by atoms with Crippen LogP contribution in [0.25, 0.3) is 17.1 Å². The molecule has 5 heteroatoms. The van der Waals surface area contributed by atoms with Crippen molar-refractivity contribution in [3.63, 3.8) is 0 Å². The van der Waals surface area contributed by atoms with Gasteiger partial charge in [-0.1, -0.05) is 41.9 Å². The molecule has 0 aliphatic carbocycles. The topological polar surface area (TPSA) is 52.1 Å². The highest BCUT2D eigenvalue weighted by molar-refractivity contribution is 6.31. The van der Waals surface area contributed by atoms with Crippen LogP contribution in [-0.2, 0) is 9.53 Å². The molecular weight excluding hydrogens is 324 g/mol. The van der Waals surface area contributed by atoms with Gasteiger partial charge in [-0.25, -0.2) is 9.78 Å². The van der Waals surface area contributed by atoms with Crippen molar-refractivity contribution < 1.29 is 9.53 Å². The third kappa shape index (κ3) is 3.78. The summed E-state index contributed by atoms with van der Waals surface area (Å²) in [5.41, 5.74) is 2.95. The van der Waals surface area contributed by atoms with Gasteiger partial charge in [-0.2, -0.15) is 0 Å². The largest absolute Gasteiger partial charge is 0.455 e. The van der Waals surface area contributed by atoms with Gasteiger partial charge >= 0.3 is 5.97 Å². The molecule has 1 aromatic heterocycles. The average Bonchev–Trinajstić information content (AvgIpc) is 2.60. The van der Waals surface area contributed by atoms with E-state index in [1.807, 2.05) is 42.5 Å². The Morgan fingerprint density at radius 2 is 1.83 bits per heavy atom. The molecule has 0 saturated carbocycles. The number of halogens is 1. The van der Waals surface area contributed by atoms with Crippen LogP contribution in [0, 0.1) is 0 Å². The molecule has 0 amide bonds. The van der Waals surface area contributed by atoms with Crippen LogP contribution in [0.1, 0.15) is 24.3 Å². The number of benzene rings is 2. The van der Waals surface area contributed by atoms with Gasteiger partial charge in [0.05, 0.1) is 22.9 Å². The fourth-order valence-electron chi connectivity index (χ4n) is 2.29. The Hall–Kier alpha value is -2.72. The lowest BCUT2D eigenvalue weighted by molar-refractivity contribution is -0.142.